The number of amides is 2. The molecule has 0 saturated heterocycles. The fourth-order valence-corrected chi connectivity index (χ4v) is 4.27. The van der Waals surface area contributed by atoms with Gasteiger partial charge in [0, 0.05) is 28.2 Å². The van der Waals surface area contributed by atoms with E-state index in [2.05, 4.69) is 33.9 Å². The number of nitrogens with one attached hydrogen (secondary N) is 2. The lowest BCUT2D eigenvalue weighted by atomic mass is 10.0. The molecule has 138 valence electrons. The molecular weight excluding hydrogens is 370 g/mol. The molecule has 0 spiro atoms. The summed E-state index contributed by atoms with van der Waals surface area (Å²) in [5.41, 5.74) is 2.78. The van der Waals surface area contributed by atoms with Crippen LogP contribution in [0.2, 0.25) is 5.02 Å². The summed E-state index contributed by atoms with van der Waals surface area (Å²) in [6, 6.07) is 7.69. The summed E-state index contributed by atoms with van der Waals surface area (Å²) < 4.78 is 0. The Kier molecular flexibility index (Phi) is 5.96. The van der Waals surface area contributed by atoms with Crippen LogP contribution < -0.4 is 10.6 Å². The Morgan fingerprint density at radius 2 is 2.12 bits per heavy atom. The summed E-state index contributed by atoms with van der Waals surface area (Å²) in [6.07, 6.45) is 0.971. The SMILES string of the molecule is Cc1c(Cl)cccc1NC(=O)CNC(=O)CN1CCc2sccc2[C@@H]1C. The third-order valence-electron chi connectivity index (χ3n) is 4.74. The average molecular weight is 392 g/mol. The number of carbonyl (C=O) groups is 2. The van der Waals surface area contributed by atoms with Gasteiger partial charge in [-0.25, -0.2) is 0 Å². The summed E-state index contributed by atoms with van der Waals surface area (Å²) >= 11 is 7.83. The van der Waals surface area contributed by atoms with E-state index in [1.165, 1.54) is 10.4 Å². The predicted octanol–water partition coefficient (Wildman–Crippen LogP) is 3.38. The van der Waals surface area contributed by atoms with Crippen molar-refractivity contribution in [3.63, 3.8) is 0 Å². The molecule has 0 aliphatic carbocycles. The molecule has 3 rings (SSSR count). The van der Waals surface area contributed by atoms with Crippen LogP contribution >= 0.6 is 22.9 Å². The second-order valence-electron chi connectivity index (χ2n) is 6.43. The zero-order valence-electron chi connectivity index (χ0n) is 14.8. The second kappa shape index (κ2) is 8.20. The molecule has 1 aliphatic heterocycles. The van der Waals surface area contributed by atoms with Gasteiger partial charge in [0.05, 0.1) is 13.1 Å². The number of fused-ring (bicyclic) bond motifs is 1. The Balaban J connectivity index is 1.48. The van der Waals surface area contributed by atoms with Crippen LogP contribution in [0.5, 0.6) is 0 Å². The van der Waals surface area contributed by atoms with Gasteiger partial charge >= 0.3 is 0 Å². The summed E-state index contributed by atoms with van der Waals surface area (Å²) in [5.74, 6) is -0.413. The van der Waals surface area contributed by atoms with Gasteiger partial charge in [0.1, 0.15) is 0 Å². The normalized spacial score (nSPS) is 16.8. The van der Waals surface area contributed by atoms with Gasteiger partial charge in [-0.2, -0.15) is 0 Å². The lowest BCUT2D eigenvalue weighted by molar-refractivity contribution is -0.125. The molecule has 0 saturated carbocycles. The van der Waals surface area contributed by atoms with Crippen LogP contribution in [0.1, 0.15) is 29.0 Å². The first kappa shape index (κ1) is 18.9. The van der Waals surface area contributed by atoms with Crippen LogP contribution in [-0.4, -0.2) is 36.3 Å². The maximum atomic E-state index is 12.2. The van der Waals surface area contributed by atoms with Crippen LogP contribution in [0.15, 0.2) is 29.6 Å². The standard InChI is InChI=1S/C19H22ClN3O2S/c1-12-15(20)4-3-5-16(12)22-18(24)10-21-19(25)11-23-8-6-17-14(13(23)2)7-9-26-17/h3-5,7,9,13H,6,8,10-11H2,1-2H3,(H,21,25)(H,22,24)/t13-/m0/s1. The minimum atomic E-state index is -0.268. The molecule has 1 atom stereocenters. The maximum Gasteiger partial charge on any atom is 0.243 e. The summed E-state index contributed by atoms with van der Waals surface area (Å²) in [7, 11) is 0. The van der Waals surface area contributed by atoms with Crippen molar-refractivity contribution in [3.05, 3.63) is 50.7 Å². The van der Waals surface area contributed by atoms with Crippen molar-refractivity contribution in [2.45, 2.75) is 26.3 Å². The van der Waals surface area contributed by atoms with Crippen LogP contribution in [0.3, 0.4) is 0 Å². The molecule has 2 heterocycles. The van der Waals surface area contributed by atoms with Crippen LogP contribution in [-0.2, 0) is 16.0 Å². The van der Waals surface area contributed by atoms with Crippen LogP contribution in [0.25, 0.3) is 0 Å². The minimum absolute atomic E-state index is 0.0588. The summed E-state index contributed by atoms with van der Waals surface area (Å²) in [5, 5.41) is 8.18. The van der Waals surface area contributed by atoms with Gasteiger partial charge in [-0.15, -0.1) is 11.3 Å². The first-order chi connectivity index (χ1) is 12.5. The van der Waals surface area contributed by atoms with Crippen LogP contribution in [0.4, 0.5) is 5.69 Å². The topological polar surface area (TPSA) is 61.4 Å². The Morgan fingerprint density at radius 3 is 2.92 bits per heavy atom. The molecule has 2 N–H and O–H groups in total. The zero-order chi connectivity index (χ0) is 18.7. The molecule has 0 unspecified atom stereocenters. The molecule has 1 aromatic heterocycles. The molecule has 0 fully saturated rings. The largest absolute Gasteiger partial charge is 0.346 e. The fourth-order valence-electron chi connectivity index (χ4n) is 3.13. The molecular formula is C19H22ClN3O2S. The number of thiophene rings is 1. The lowest BCUT2D eigenvalue weighted by Gasteiger charge is -2.32. The van der Waals surface area contributed by atoms with E-state index in [0.29, 0.717) is 17.3 Å². The van der Waals surface area contributed by atoms with Crippen molar-refractivity contribution in [2.24, 2.45) is 0 Å². The second-order valence-corrected chi connectivity index (χ2v) is 7.84. The molecule has 1 aromatic carbocycles. The van der Waals surface area contributed by atoms with E-state index in [-0.39, 0.29) is 24.4 Å². The highest BCUT2D eigenvalue weighted by molar-refractivity contribution is 7.10. The van der Waals surface area contributed by atoms with Crippen molar-refractivity contribution >= 4 is 40.4 Å². The number of hydrogen-bond acceptors (Lipinski definition) is 4. The highest BCUT2D eigenvalue weighted by atomic mass is 35.5. The number of anilines is 1. The molecule has 7 heteroatoms. The van der Waals surface area contributed by atoms with E-state index in [0.717, 1.165) is 18.5 Å². The third-order valence-corrected chi connectivity index (χ3v) is 6.14. The van der Waals surface area contributed by atoms with Gasteiger partial charge in [-0.3, -0.25) is 14.5 Å². The number of rotatable bonds is 5. The molecule has 0 bridgehead atoms. The smallest absolute Gasteiger partial charge is 0.243 e. The average Bonchev–Trinajstić information content (AvgIpc) is 3.09. The zero-order valence-corrected chi connectivity index (χ0v) is 16.4. The summed E-state index contributed by atoms with van der Waals surface area (Å²) in [6.45, 7) is 5.05. The Hall–Kier alpha value is -1.89. The van der Waals surface area contributed by atoms with E-state index in [1.807, 2.05) is 6.92 Å². The number of benzene rings is 1. The highest BCUT2D eigenvalue weighted by Gasteiger charge is 2.26. The van der Waals surface area contributed by atoms with Crippen molar-refractivity contribution in [1.29, 1.82) is 0 Å². The van der Waals surface area contributed by atoms with E-state index >= 15 is 0 Å². The van der Waals surface area contributed by atoms with E-state index in [4.69, 9.17) is 11.6 Å². The lowest BCUT2D eigenvalue weighted by Crippen LogP contribution is -2.43. The number of nitrogens with zero attached hydrogens (tertiary/aromatic N) is 1. The van der Waals surface area contributed by atoms with Gasteiger partial charge in [0.15, 0.2) is 0 Å². The maximum absolute atomic E-state index is 12.2. The van der Waals surface area contributed by atoms with E-state index in [1.54, 1.807) is 29.5 Å². The first-order valence-corrected chi connectivity index (χ1v) is 9.83. The first-order valence-electron chi connectivity index (χ1n) is 8.57. The number of carbonyl (C=O) groups excluding carboxylic acids is 2. The third kappa shape index (κ3) is 4.26. The molecule has 5 nitrogen and oxygen atoms in total. The van der Waals surface area contributed by atoms with Gasteiger partial charge in [0.2, 0.25) is 11.8 Å². The molecule has 2 amide bonds. The van der Waals surface area contributed by atoms with Crippen LogP contribution in [0, 0.1) is 6.92 Å². The van der Waals surface area contributed by atoms with Crippen molar-refractivity contribution < 1.29 is 9.59 Å². The van der Waals surface area contributed by atoms with E-state index < -0.39 is 0 Å². The minimum Gasteiger partial charge on any atom is -0.346 e. The van der Waals surface area contributed by atoms with Gasteiger partial charge in [-0.1, -0.05) is 17.7 Å². The molecule has 1 aliphatic rings. The van der Waals surface area contributed by atoms with Gasteiger partial charge in [-0.05, 0) is 55.0 Å². The number of hydrogen-bond donors (Lipinski definition) is 2. The number of halogens is 1. The molecule has 2 aromatic rings. The van der Waals surface area contributed by atoms with E-state index in [9.17, 15) is 9.59 Å². The quantitative estimate of drug-likeness (QED) is 0.821. The monoisotopic (exact) mass is 391 g/mol. The predicted molar refractivity (Wildman–Crippen MR) is 106 cm³/mol. The van der Waals surface area contributed by atoms with Crippen molar-refractivity contribution in [3.8, 4) is 0 Å². The Labute approximate surface area is 162 Å². The molecule has 0 radical (unpaired) electrons. The Bertz CT molecular complexity index is 821. The summed E-state index contributed by atoms with van der Waals surface area (Å²) in [4.78, 5) is 27.9. The Morgan fingerprint density at radius 1 is 1.31 bits per heavy atom. The molecule has 26 heavy (non-hydrogen) atoms. The van der Waals surface area contributed by atoms with Crippen molar-refractivity contribution in [2.75, 3.05) is 25.0 Å². The van der Waals surface area contributed by atoms with Crippen molar-refractivity contribution in [1.82, 2.24) is 10.2 Å². The fraction of sp³-hybridized carbons (Fsp3) is 0.368. The highest BCUT2D eigenvalue weighted by Crippen LogP contribution is 2.32. The van der Waals surface area contributed by atoms with Gasteiger partial charge < -0.3 is 10.6 Å². The van der Waals surface area contributed by atoms with Gasteiger partial charge in [0.25, 0.3) is 0 Å².